The van der Waals surface area contributed by atoms with Gasteiger partial charge in [0, 0.05) is 19.2 Å². The van der Waals surface area contributed by atoms with Crippen LogP contribution in [0.5, 0.6) is 0 Å². The minimum absolute atomic E-state index is 0.716. The molecule has 0 bridgehead atoms. The maximum atomic E-state index is 12.7. The fourth-order valence-electron chi connectivity index (χ4n) is 4.16. The predicted molar refractivity (Wildman–Crippen MR) is 125 cm³/mol. The molecule has 22 heteroatoms. The van der Waals surface area contributed by atoms with Crippen LogP contribution in [-0.4, -0.2) is 123 Å². The van der Waals surface area contributed by atoms with E-state index >= 15 is 0 Å². The van der Waals surface area contributed by atoms with Crippen molar-refractivity contribution >= 4 is 21.3 Å². The summed E-state index contributed by atoms with van der Waals surface area (Å²) in [4.78, 5) is 66.7. The number of phosphoric acid groups is 1. The minimum atomic E-state index is -5.61. The van der Waals surface area contributed by atoms with Crippen LogP contribution in [0.2, 0.25) is 0 Å². The van der Waals surface area contributed by atoms with Gasteiger partial charge in [0.2, 0.25) is 5.91 Å². The normalized spacial score (nSPS) is 35.2. The molecule has 3 rings (SSSR count). The predicted octanol–water partition coefficient (Wildman–Crippen LogP) is -5.22. The molecule has 11 atom stereocenters. The number of carbonyl (C=O) groups excluding carboxylic acids is 1. The first kappa shape index (κ1) is 32.6. The molecule has 1 aromatic heterocycles. The zero-order chi connectivity index (χ0) is 30.2. The molecule has 1 aromatic rings. The quantitative estimate of drug-likeness (QED) is 0.109. The van der Waals surface area contributed by atoms with E-state index in [9.17, 15) is 63.7 Å². The zero-order valence-electron chi connectivity index (χ0n) is 20.4. The number of nitrogens with one attached hydrogen (secondary N) is 2. The molecule has 0 saturated carbocycles. The number of nitrogens with zero attached hydrogens (tertiary/aromatic N) is 1. The van der Waals surface area contributed by atoms with E-state index in [2.05, 4.69) is 9.84 Å². The highest BCUT2D eigenvalue weighted by molar-refractivity contribution is 7.54. The Morgan fingerprint density at radius 2 is 1.70 bits per heavy atom. The van der Waals surface area contributed by atoms with Gasteiger partial charge in [-0.15, -0.1) is 0 Å². The highest BCUT2D eigenvalue weighted by atomic mass is 31.2. The van der Waals surface area contributed by atoms with Crippen LogP contribution in [0.15, 0.2) is 21.9 Å². The van der Waals surface area contributed by atoms with Crippen LogP contribution >= 0.6 is 15.4 Å². The summed E-state index contributed by atoms with van der Waals surface area (Å²) in [5.41, 5.74) is -1.78. The molecule has 20 nitrogen and oxygen atoms in total. The van der Waals surface area contributed by atoms with Gasteiger partial charge in [-0.2, -0.15) is 0 Å². The average molecular weight is 621 g/mol. The molecule has 2 unspecified atom stereocenters. The lowest BCUT2D eigenvalue weighted by Gasteiger charge is -2.45. The van der Waals surface area contributed by atoms with E-state index in [0.29, 0.717) is 4.57 Å². The van der Waals surface area contributed by atoms with Crippen molar-refractivity contribution in [2.75, 3.05) is 13.2 Å². The molecule has 2 aliphatic rings. The van der Waals surface area contributed by atoms with Gasteiger partial charge in [-0.1, -0.05) is 0 Å². The number of hydrogen-bond acceptors (Lipinski definition) is 14. The summed E-state index contributed by atoms with van der Waals surface area (Å²) in [6.45, 7) is -1.06. The van der Waals surface area contributed by atoms with Gasteiger partial charge < -0.3 is 55.0 Å². The molecule has 40 heavy (non-hydrogen) atoms. The summed E-state index contributed by atoms with van der Waals surface area (Å²) in [5.74, 6) is -3.58. The third kappa shape index (κ3) is 7.30. The number of carbonyl (C=O) groups is 1. The van der Waals surface area contributed by atoms with Crippen LogP contribution in [0.25, 0.3) is 0 Å². The van der Waals surface area contributed by atoms with Crippen molar-refractivity contribution < 1.29 is 72.7 Å². The Labute approximate surface area is 223 Å². The summed E-state index contributed by atoms with van der Waals surface area (Å²) in [5, 5.41) is 52.5. The number of phosphoric ester groups is 1. The Hall–Kier alpha value is -1.87. The Kier molecular flexibility index (Phi) is 10.2. The number of ether oxygens (including phenoxy) is 2. The van der Waals surface area contributed by atoms with Crippen LogP contribution in [0, 0.1) is 0 Å². The molecule has 0 aliphatic carbocycles. The summed E-state index contributed by atoms with van der Waals surface area (Å²) in [6.07, 6.45) is -13.4. The van der Waals surface area contributed by atoms with E-state index in [1.165, 1.54) is 0 Å². The topological polar surface area (TPSA) is 317 Å². The second-order valence-corrected chi connectivity index (χ2v) is 12.0. The Bertz CT molecular complexity index is 1270. The van der Waals surface area contributed by atoms with E-state index < -0.39 is 107 Å². The van der Waals surface area contributed by atoms with Crippen molar-refractivity contribution in [2.24, 2.45) is 0 Å². The first-order chi connectivity index (χ1) is 18.5. The molecule has 0 aromatic carbocycles. The lowest BCUT2D eigenvalue weighted by atomic mass is 9.93. The van der Waals surface area contributed by atoms with Crippen LogP contribution in [-0.2, 0) is 32.4 Å². The smallest absolute Gasteiger partial charge is 0.394 e. The van der Waals surface area contributed by atoms with Gasteiger partial charge in [-0.05, 0) is 0 Å². The summed E-state index contributed by atoms with van der Waals surface area (Å²) >= 11 is 0. The number of amides is 1. The fraction of sp³-hybridized carbons (Fsp3) is 0.722. The van der Waals surface area contributed by atoms with E-state index in [1.54, 1.807) is 0 Å². The van der Waals surface area contributed by atoms with Crippen LogP contribution < -0.4 is 16.6 Å². The van der Waals surface area contributed by atoms with E-state index in [0.717, 1.165) is 19.2 Å². The van der Waals surface area contributed by atoms with Crippen LogP contribution in [0.4, 0.5) is 0 Å². The van der Waals surface area contributed by atoms with Crippen molar-refractivity contribution in [2.45, 2.75) is 67.8 Å². The Morgan fingerprint density at radius 3 is 2.25 bits per heavy atom. The summed E-state index contributed by atoms with van der Waals surface area (Å²) in [6, 6.07) is -0.885. The van der Waals surface area contributed by atoms with Gasteiger partial charge in [0.1, 0.15) is 42.7 Å². The SMILES string of the molecule is CC(=O)N[C@@H]1[C@@H](O)[C@H](O)[C@@H](CO)O[C@H]1C(OP(=O)(O)OC[C@H]1O[C@@H](n2ccc(=O)[nH]c2=O)[C@H](O)[C@@H]1O)P(=O)(O)O. The molecule has 0 spiro atoms. The molecule has 228 valence electrons. The third-order valence-corrected chi connectivity index (χ3v) is 8.25. The summed E-state index contributed by atoms with van der Waals surface area (Å²) in [7, 11) is -11.1. The molecular weight excluding hydrogens is 592 g/mol. The standard InChI is InChI=1S/C18H29N3O17P2/c1-6(23)19-10-13(27)11(25)7(4-22)36-15(10)17(39(30,31)32)38-40(33,34)35-5-8-12(26)14(28)16(37-8)21-3-2-9(24)20-18(21)29/h2-3,7-8,10-17,22,25-28H,4-5H2,1H3,(H,19,23)(H,33,34)(H,20,24,29)(H2,30,31,32)/t7-,8-,10-,11-,12-,13-,14-,15-,16-,17?/m1/s1. The molecular formula is C18H29N3O17P2. The highest BCUT2D eigenvalue weighted by Crippen LogP contribution is 2.56. The average Bonchev–Trinajstić information content (AvgIpc) is 3.12. The number of rotatable bonds is 10. The number of aliphatic hydroxyl groups excluding tert-OH is 5. The fourth-order valence-corrected chi connectivity index (χ4v) is 6.44. The lowest BCUT2D eigenvalue weighted by molar-refractivity contribution is -0.207. The number of aromatic nitrogens is 2. The van der Waals surface area contributed by atoms with Crippen LogP contribution in [0.1, 0.15) is 13.2 Å². The number of H-pyrrole nitrogens is 1. The maximum absolute atomic E-state index is 12.7. The Balaban J connectivity index is 1.79. The third-order valence-electron chi connectivity index (χ3n) is 6.05. The second-order valence-electron chi connectivity index (χ2n) is 8.94. The van der Waals surface area contributed by atoms with Gasteiger partial charge in [0.15, 0.2) is 12.1 Å². The molecule has 2 fully saturated rings. The zero-order valence-corrected chi connectivity index (χ0v) is 22.2. The number of aliphatic hydroxyl groups is 5. The molecule has 1 amide bonds. The van der Waals surface area contributed by atoms with Gasteiger partial charge in [-0.25, -0.2) is 9.36 Å². The molecule has 0 radical (unpaired) electrons. The van der Waals surface area contributed by atoms with Crippen molar-refractivity contribution in [1.29, 1.82) is 0 Å². The second kappa shape index (κ2) is 12.6. The molecule has 3 heterocycles. The van der Waals surface area contributed by atoms with Gasteiger partial charge >= 0.3 is 21.1 Å². The maximum Gasteiger partial charge on any atom is 0.473 e. The lowest BCUT2D eigenvalue weighted by Crippen LogP contribution is -2.66. The van der Waals surface area contributed by atoms with Crippen molar-refractivity contribution in [3.05, 3.63) is 33.1 Å². The molecule has 10 N–H and O–H groups in total. The van der Waals surface area contributed by atoms with Crippen molar-refractivity contribution in [1.82, 2.24) is 14.9 Å². The number of aromatic amines is 1. The first-order valence-corrected chi connectivity index (χ1v) is 14.6. The monoisotopic (exact) mass is 621 g/mol. The minimum Gasteiger partial charge on any atom is -0.394 e. The van der Waals surface area contributed by atoms with Gasteiger partial charge in [-0.3, -0.25) is 32.8 Å². The molecule has 2 saturated heterocycles. The van der Waals surface area contributed by atoms with E-state index in [-0.39, 0.29) is 0 Å². The highest BCUT2D eigenvalue weighted by Gasteiger charge is 2.55. The largest absolute Gasteiger partial charge is 0.473 e. The first-order valence-electron chi connectivity index (χ1n) is 11.4. The van der Waals surface area contributed by atoms with E-state index in [4.69, 9.17) is 14.0 Å². The van der Waals surface area contributed by atoms with Gasteiger partial charge in [0.25, 0.3) is 5.56 Å². The van der Waals surface area contributed by atoms with E-state index in [1.807, 2.05) is 4.98 Å². The van der Waals surface area contributed by atoms with Gasteiger partial charge in [0.05, 0.1) is 19.3 Å². The Morgan fingerprint density at radius 1 is 1.07 bits per heavy atom. The number of hydrogen-bond donors (Lipinski definition) is 10. The van der Waals surface area contributed by atoms with Crippen LogP contribution in [0.3, 0.4) is 0 Å². The molecule has 2 aliphatic heterocycles. The summed E-state index contributed by atoms with van der Waals surface area (Å²) < 4.78 is 45.6. The van der Waals surface area contributed by atoms with Crippen molar-refractivity contribution in [3.63, 3.8) is 0 Å². The van der Waals surface area contributed by atoms with Crippen molar-refractivity contribution in [3.8, 4) is 0 Å².